The molecule has 1 aliphatic carbocycles. The zero-order chi connectivity index (χ0) is 10.0. The third kappa shape index (κ3) is 2.69. The second-order valence-corrected chi connectivity index (χ2v) is 3.51. The summed E-state index contributed by atoms with van der Waals surface area (Å²) in [6.07, 6.45) is 0.738. The van der Waals surface area contributed by atoms with Crippen molar-refractivity contribution in [1.29, 1.82) is 0 Å². The molecule has 5 heteroatoms. The molecule has 5 nitrogen and oxygen atoms in total. The second kappa shape index (κ2) is 3.74. The van der Waals surface area contributed by atoms with E-state index in [9.17, 15) is 9.59 Å². The molecule has 2 atom stereocenters. The van der Waals surface area contributed by atoms with E-state index >= 15 is 0 Å². The van der Waals surface area contributed by atoms with Crippen molar-refractivity contribution in [2.45, 2.75) is 12.5 Å². The molecule has 0 aromatic heterocycles. The number of carbonyl (C=O) groups is 2. The monoisotopic (exact) mass is 185 g/mol. The van der Waals surface area contributed by atoms with E-state index in [1.807, 2.05) is 0 Å². The number of carbonyl (C=O) groups excluding carboxylic acids is 2. The molecule has 74 valence electrons. The average Bonchev–Trinajstić information content (AvgIpc) is 2.77. The zero-order valence-electron chi connectivity index (χ0n) is 7.91. The Morgan fingerprint density at radius 2 is 2.08 bits per heavy atom. The Hall–Kier alpha value is -1.10. The number of likely N-dealkylation sites (N-methyl/N-ethyl adjacent to an activating group) is 1. The van der Waals surface area contributed by atoms with Crippen LogP contribution < -0.4 is 11.1 Å². The number of rotatable bonds is 3. The van der Waals surface area contributed by atoms with Crippen molar-refractivity contribution in [3.63, 3.8) is 0 Å². The standard InChI is InChI=1S/C8H15N3O2/c1-11(2)7(12)4-10-8(13)5-3-6(5)9/h5-6H,3-4,9H2,1-2H3,(H,10,13). The summed E-state index contributed by atoms with van der Waals surface area (Å²) < 4.78 is 0. The highest BCUT2D eigenvalue weighted by atomic mass is 16.2. The minimum atomic E-state index is -0.109. The molecule has 2 unspecified atom stereocenters. The highest BCUT2D eigenvalue weighted by molar-refractivity contribution is 5.87. The average molecular weight is 185 g/mol. The van der Waals surface area contributed by atoms with Crippen LogP contribution in [0.2, 0.25) is 0 Å². The van der Waals surface area contributed by atoms with Gasteiger partial charge in [-0.3, -0.25) is 9.59 Å². The van der Waals surface area contributed by atoms with Crippen molar-refractivity contribution < 1.29 is 9.59 Å². The second-order valence-electron chi connectivity index (χ2n) is 3.51. The van der Waals surface area contributed by atoms with Gasteiger partial charge in [0.05, 0.1) is 12.5 Å². The zero-order valence-corrected chi connectivity index (χ0v) is 7.91. The van der Waals surface area contributed by atoms with E-state index in [0.717, 1.165) is 6.42 Å². The number of nitrogens with two attached hydrogens (primary N) is 1. The summed E-state index contributed by atoms with van der Waals surface area (Å²) in [5, 5.41) is 2.55. The Labute approximate surface area is 77.3 Å². The topological polar surface area (TPSA) is 75.4 Å². The van der Waals surface area contributed by atoms with Gasteiger partial charge in [0.25, 0.3) is 0 Å². The molecule has 0 saturated heterocycles. The van der Waals surface area contributed by atoms with Gasteiger partial charge in [-0.1, -0.05) is 0 Å². The lowest BCUT2D eigenvalue weighted by Crippen LogP contribution is -2.37. The van der Waals surface area contributed by atoms with Crippen LogP contribution in [0.15, 0.2) is 0 Å². The first kappa shape index (κ1) is 9.98. The molecule has 0 radical (unpaired) electrons. The van der Waals surface area contributed by atoms with Crippen LogP contribution in [-0.4, -0.2) is 43.4 Å². The van der Waals surface area contributed by atoms with Gasteiger partial charge in [-0.15, -0.1) is 0 Å². The van der Waals surface area contributed by atoms with Crippen molar-refractivity contribution in [3.05, 3.63) is 0 Å². The first-order valence-electron chi connectivity index (χ1n) is 4.26. The summed E-state index contributed by atoms with van der Waals surface area (Å²) in [5.74, 6) is -0.291. The largest absolute Gasteiger partial charge is 0.347 e. The summed E-state index contributed by atoms with van der Waals surface area (Å²) in [7, 11) is 3.30. The quantitative estimate of drug-likeness (QED) is 0.564. The van der Waals surface area contributed by atoms with Crippen LogP contribution >= 0.6 is 0 Å². The molecular weight excluding hydrogens is 170 g/mol. The highest BCUT2D eigenvalue weighted by Gasteiger charge is 2.39. The van der Waals surface area contributed by atoms with E-state index < -0.39 is 0 Å². The van der Waals surface area contributed by atoms with Gasteiger partial charge in [-0.25, -0.2) is 0 Å². The normalized spacial score (nSPS) is 25.2. The Morgan fingerprint density at radius 1 is 1.54 bits per heavy atom. The van der Waals surface area contributed by atoms with Crippen LogP contribution in [0.3, 0.4) is 0 Å². The summed E-state index contributed by atoms with van der Waals surface area (Å²) in [5.41, 5.74) is 5.48. The minimum Gasteiger partial charge on any atom is -0.347 e. The smallest absolute Gasteiger partial charge is 0.241 e. The van der Waals surface area contributed by atoms with Crippen LogP contribution in [-0.2, 0) is 9.59 Å². The van der Waals surface area contributed by atoms with Gasteiger partial charge in [0.15, 0.2) is 0 Å². The third-order valence-electron chi connectivity index (χ3n) is 2.09. The first-order chi connectivity index (χ1) is 6.02. The van der Waals surface area contributed by atoms with Crippen molar-refractivity contribution in [2.24, 2.45) is 11.7 Å². The Kier molecular flexibility index (Phi) is 2.87. The molecule has 1 saturated carbocycles. The minimum absolute atomic E-state index is 0.00513. The van der Waals surface area contributed by atoms with Gasteiger partial charge in [-0.05, 0) is 6.42 Å². The summed E-state index contributed by atoms with van der Waals surface area (Å²) in [6.45, 7) is 0.0645. The van der Waals surface area contributed by atoms with Crippen molar-refractivity contribution >= 4 is 11.8 Å². The van der Waals surface area contributed by atoms with Crippen LogP contribution in [0.4, 0.5) is 0 Å². The van der Waals surface area contributed by atoms with Gasteiger partial charge in [0.2, 0.25) is 11.8 Å². The van der Waals surface area contributed by atoms with Gasteiger partial charge in [0.1, 0.15) is 0 Å². The number of nitrogens with one attached hydrogen (secondary N) is 1. The van der Waals surface area contributed by atoms with Gasteiger partial charge >= 0.3 is 0 Å². The predicted octanol–water partition coefficient (Wildman–Crippen LogP) is -1.46. The van der Waals surface area contributed by atoms with E-state index in [2.05, 4.69) is 5.32 Å². The van der Waals surface area contributed by atoms with Gasteiger partial charge < -0.3 is 16.0 Å². The molecule has 3 N–H and O–H groups in total. The lowest BCUT2D eigenvalue weighted by molar-refractivity contribution is -0.131. The number of nitrogens with zero attached hydrogens (tertiary/aromatic N) is 1. The summed E-state index contributed by atoms with van der Waals surface area (Å²) in [6, 6.07) is -0.00513. The Balaban J connectivity index is 2.19. The van der Waals surface area contributed by atoms with Crippen molar-refractivity contribution in [3.8, 4) is 0 Å². The molecule has 0 spiro atoms. The molecular formula is C8H15N3O2. The Morgan fingerprint density at radius 3 is 2.46 bits per heavy atom. The molecule has 1 aliphatic rings. The molecule has 0 aliphatic heterocycles. The fourth-order valence-corrected chi connectivity index (χ4v) is 0.968. The van der Waals surface area contributed by atoms with Crippen molar-refractivity contribution in [2.75, 3.05) is 20.6 Å². The van der Waals surface area contributed by atoms with Crippen LogP contribution in [0, 0.1) is 5.92 Å². The van der Waals surface area contributed by atoms with E-state index in [1.165, 1.54) is 4.90 Å². The molecule has 13 heavy (non-hydrogen) atoms. The number of hydrogen-bond donors (Lipinski definition) is 2. The lowest BCUT2D eigenvalue weighted by atomic mass is 10.3. The summed E-state index contributed by atoms with van der Waals surface area (Å²) in [4.78, 5) is 23.7. The van der Waals surface area contributed by atoms with Crippen LogP contribution in [0.25, 0.3) is 0 Å². The molecule has 0 heterocycles. The maximum atomic E-state index is 11.2. The molecule has 0 aromatic rings. The number of hydrogen-bond acceptors (Lipinski definition) is 3. The van der Waals surface area contributed by atoms with Crippen molar-refractivity contribution in [1.82, 2.24) is 10.2 Å². The third-order valence-corrected chi connectivity index (χ3v) is 2.09. The van der Waals surface area contributed by atoms with E-state index in [1.54, 1.807) is 14.1 Å². The Bertz CT molecular complexity index is 227. The molecule has 0 aromatic carbocycles. The van der Waals surface area contributed by atoms with Crippen LogP contribution in [0.5, 0.6) is 0 Å². The fraction of sp³-hybridized carbons (Fsp3) is 0.750. The maximum Gasteiger partial charge on any atom is 0.241 e. The van der Waals surface area contributed by atoms with Gasteiger partial charge in [0, 0.05) is 20.1 Å². The maximum absolute atomic E-state index is 11.2. The molecule has 2 amide bonds. The molecule has 1 fully saturated rings. The highest BCUT2D eigenvalue weighted by Crippen LogP contribution is 2.27. The van der Waals surface area contributed by atoms with E-state index in [-0.39, 0.29) is 30.3 Å². The predicted molar refractivity (Wildman–Crippen MR) is 47.8 cm³/mol. The lowest BCUT2D eigenvalue weighted by Gasteiger charge is -2.10. The number of amides is 2. The van der Waals surface area contributed by atoms with E-state index in [0.29, 0.717) is 0 Å². The SMILES string of the molecule is CN(C)C(=O)CNC(=O)C1CC1N. The molecule has 0 bridgehead atoms. The van der Waals surface area contributed by atoms with Gasteiger partial charge in [-0.2, -0.15) is 0 Å². The summed E-state index contributed by atoms with van der Waals surface area (Å²) >= 11 is 0. The first-order valence-corrected chi connectivity index (χ1v) is 4.26. The fourth-order valence-electron chi connectivity index (χ4n) is 0.968. The van der Waals surface area contributed by atoms with Crippen LogP contribution in [0.1, 0.15) is 6.42 Å². The molecule has 1 rings (SSSR count). The van der Waals surface area contributed by atoms with E-state index in [4.69, 9.17) is 5.73 Å².